The first kappa shape index (κ1) is 13.9. The summed E-state index contributed by atoms with van der Waals surface area (Å²) in [5.74, 6) is 0.798. The lowest BCUT2D eigenvalue weighted by molar-refractivity contribution is 0.122. The zero-order chi connectivity index (χ0) is 15.5. The van der Waals surface area contributed by atoms with Crippen LogP contribution in [0, 0.1) is 0 Å². The molecule has 1 aromatic carbocycles. The molecular formula is C17H17N5O. The number of nitrogens with zero attached hydrogens (tertiary/aromatic N) is 4. The summed E-state index contributed by atoms with van der Waals surface area (Å²) in [6, 6.07) is 8.49. The van der Waals surface area contributed by atoms with E-state index in [9.17, 15) is 0 Å². The number of rotatable bonds is 3. The fourth-order valence-electron chi connectivity index (χ4n) is 2.84. The number of H-pyrrole nitrogens is 1. The molecule has 0 bridgehead atoms. The van der Waals surface area contributed by atoms with Gasteiger partial charge >= 0.3 is 0 Å². The Labute approximate surface area is 134 Å². The molecule has 23 heavy (non-hydrogen) atoms. The number of imidazole rings is 1. The van der Waals surface area contributed by atoms with E-state index in [2.05, 4.69) is 49.3 Å². The number of benzene rings is 1. The fraction of sp³-hybridized carbons (Fsp3) is 0.235. The molecule has 1 saturated heterocycles. The van der Waals surface area contributed by atoms with Crippen molar-refractivity contribution in [1.82, 2.24) is 20.2 Å². The number of aromatic amines is 1. The van der Waals surface area contributed by atoms with Crippen LogP contribution in [0.25, 0.3) is 22.5 Å². The molecule has 0 spiro atoms. The largest absolute Gasteiger partial charge is 0.378 e. The number of morpholine rings is 1. The Balaban J connectivity index is 1.74. The number of ether oxygens (including phenoxy) is 1. The fourth-order valence-corrected chi connectivity index (χ4v) is 2.84. The highest BCUT2D eigenvalue weighted by Gasteiger charge is 2.14. The van der Waals surface area contributed by atoms with Crippen LogP contribution < -0.4 is 4.90 Å². The molecule has 3 aromatic rings. The molecule has 0 atom stereocenters. The lowest BCUT2D eigenvalue weighted by Crippen LogP contribution is -2.36. The summed E-state index contributed by atoms with van der Waals surface area (Å²) in [4.78, 5) is 9.81. The van der Waals surface area contributed by atoms with E-state index in [1.165, 1.54) is 5.69 Å². The molecule has 3 heterocycles. The first-order valence-electron chi connectivity index (χ1n) is 7.65. The van der Waals surface area contributed by atoms with Crippen molar-refractivity contribution in [2.24, 2.45) is 0 Å². The van der Waals surface area contributed by atoms with Crippen molar-refractivity contribution in [1.29, 1.82) is 0 Å². The van der Waals surface area contributed by atoms with Gasteiger partial charge in [0.15, 0.2) is 0 Å². The van der Waals surface area contributed by atoms with E-state index in [4.69, 9.17) is 4.74 Å². The van der Waals surface area contributed by atoms with Crippen molar-refractivity contribution in [3.05, 3.63) is 49.1 Å². The minimum absolute atomic E-state index is 0.776. The highest BCUT2D eigenvalue weighted by atomic mass is 16.5. The highest BCUT2D eigenvalue weighted by Crippen LogP contribution is 2.31. The quantitative estimate of drug-likeness (QED) is 0.804. The van der Waals surface area contributed by atoms with Gasteiger partial charge in [0.05, 0.1) is 25.6 Å². The predicted molar refractivity (Wildman–Crippen MR) is 88.1 cm³/mol. The third-order valence-electron chi connectivity index (χ3n) is 4.02. The van der Waals surface area contributed by atoms with Gasteiger partial charge in [-0.05, 0) is 17.7 Å². The Morgan fingerprint density at radius 3 is 2.65 bits per heavy atom. The third kappa shape index (κ3) is 2.80. The van der Waals surface area contributed by atoms with Gasteiger partial charge in [-0.2, -0.15) is 10.2 Å². The van der Waals surface area contributed by atoms with Gasteiger partial charge in [0.25, 0.3) is 0 Å². The molecule has 116 valence electrons. The molecule has 4 rings (SSSR count). The van der Waals surface area contributed by atoms with Crippen molar-refractivity contribution >= 4 is 5.69 Å². The number of hydrogen-bond donors (Lipinski definition) is 1. The summed E-state index contributed by atoms with van der Waals surface area (Å²) in [7, 11) is 0. The van der Waals surface area contributed by atoms with E-state index < -0.39 is 0 Å². The van der Waals surface area contributed by atoms with Crippen LogP contribution in [-0.2, 0) is 4.74 Å². The van der Waals surface area contributed by atoms with E-state index >= 15 is 0 Å². The Kier molecular flexibility index (Phi) is 3.73. The van der Waals surface area contributed by atoms with E-state index in [1.54, 1.807) is 18.6 Å². The average molecular weight is 307 g/mol. The monoisotopic (exact) mass is 307 g/mol. The van der Waals surface area contributed by atoms with Crippen LogP contribution >= 0.6 is 0 Å². The van der Waals surface area contributed by atoms with Gasteiger partial charge in [0, 0.05) is 42.3 Å². The first-order chi connectivity index (χ1) is 11.4. The SMILES string of the molecule is c1cc(-c2cnncc2-c2ncc[nH]2)cc(N2CCOCC2)c1. The normalized spacial score (nSPS) is 14.9. The molecule has 1 N–H and O–H groups in total. The topological polar surface area (TPSA) is 66.9 Å². The molecule has 0 amide bonds. The van der Waals surface area contributed by atoms with Gasteiger partial charge in [0.1, 0.15) is 5.82 Å². The number of hydrogen-bond acceptors (Lipinski definition) is 5. The molecule has 6 nitrogen and oxygen atoms in total. The second-order valence-electron chi connectivity index (χ2n) is 5.40. The van der Waals surface area contributed by atoms with E-state index in [0.29, 0.717) is 0 Å². The number of anilines is 1. The molecular weight excluding hydrogens is 290 g/mol. The first-order valence-corrected chi connectivity index (χ1v) is 7.65. The molecule has 1 aliphatic heterocycles. The molecule has 0 radical (unpaired) electrons. The van der Waals surface area contributed by atoms with Crippen molar-refractivity contribution in [2.75, 3.05) is 31.2 Å². The van der Waals surface area contributed by atoms with Gasteiger partial charge in [-0.25, -0.2) is 4.98 Å². The average Bonchev–Trinajstić information content (AvgIpc) is 3.17. The van der Waals surface area contributed by atoms with Crippen LogP contribution in [0.4, 0.5) is 5.69 Å². The number of aromatic nitrogens is 4. The van der Waals surface area contributed by atoms with E-state index in [0.717, 1.165) is 48.8 Å². The Morgan fingerprint density at radius 2 is 1.87 bits per heavy atom. The standard InChI is InChI=1S/C17H17N5O/c1-2-13(10-14(3-1)22-6-8-23-9-7-22)15-11-20-21-12-16(15)17-18-4-5-19-17/h1-5,10-12H,6-9H2,(H,18,19). The minimum atomic E-state index is 0.776. The zero-order valence-electron chi connectivity index (χ0n) is 12.6. The van der Waals surface area contributed by atoms with Gasteiger partial charge in [-0.15, -0.1) is 0 Å². The Bertz CT molecular complexity index is 781. The summed E-state index contributed by atoms with van der Waals surface area (Å²) in [5, 5.41) is 8.05. The van der Waals surface area contributed by atoms with Crippen LogP contribution in [0.15, 0.2) is 49.1 Å². The molecule has 1 fully saturated rings. The van der Waals surface area contributed by atoms with Crippen LogP contribution in [0.3, 0.4) is 0 Å². The van der Waals surface area contributed by atoms with Gasteiger partial charge in [-0.3, -0.25) is 0 Å². The molecule has 0 aliphatic carbocycles. The summed E-state index contributed by atoms with van der Waals surface area (Å²) in [5.41, 5.74) is 4.28. The van der Waals surface area contributed by atoms with Crippen molar-refractivity contribution in [3.63, 3.8) is 0 Å². The van der Waals surface area contributed by atoms with Crippen LogP contribution in [-0.4, -0.2) is 46.5 Å². The second-order valence-corrected chi connectivity index (χ2v) is 5.40. The zero-order valence-corrected chi connectivity index (χ0v) is 12.6. The maximum atomic E-state index is 5.43. The van der Waals surface area contributed by atoms with Crippen LogP contribution in [0.2, 0.25) is 0 Å². The molecule has 2 aromatic heterocycles. The summed E-state index contributed by atoms with van der Waals surface area (Å²) < 4.78 is 5.43. The van der Waals surface area contributed by atoms with Crippen molar-refractivity contribution in [3.8, 4) is 22.5 Å². The predicted octanol–water partition coefficient (Wildman–Crippen LogP) is 2.37. The molecule has 0 unspecified atom stereocenters. The van der Waals surface area contributed by atoms with E-state index in [1.807, 2.05) is 6.20 Å². The third-order valence-corrected chi connectivity index (χ3v) is 4.02. The lowest BCUT2D eigenvalue weighted by Gasteiger charge is -2.29. The smallest absolute Gasteiger partial charge is 0.139 e. The molecule has 1 aliphatic rings. The molecule has 0 saturated carbocycles. The van der Waals surface area contributed by atoms with Gasteiger partial charge < -0.3 is 14.6 Å². The van der Waals surface area contributed by atoms with E-state index in [-0.39, 0.29) is 0 Å². The minimum Gasteiger partial charge on any atom is -0.378 e. The Morgan fingerprint density at radius 1 is 1.04 bits per heavy atom. The van der Waals surface area contributed by atoms with Crippen molar-refractivity contribution in [2.45, 2.75) is 0 Å². The van der Waals surface area contributed by atoms with Gasteiger partial charge in [-0.1, -0.05) is 12.1 Å². The van der Waals surface area contributed by atoms with Gasteiger partial charge in [0.2, 0.25) is 0 Å². The Hall–Kier alpha value is -2.73. The summed E-state index contributed by atoms with van der Waals surface area (Å²) >= 11 is 0. The van der Waals surface area contributed by atoms with Crippen molar-refractivity contribution < 1.29 is 4.74 Å². The maximum absolute atomic E-state index is 5.43. The molecule has 6 heteroatoms. The lowest BCUT2D eigenvalue weighted by atomic mass is 10.0. The summed E-state index contributed by atoms with van der Waals surface area (Å²) in [6.45, 7) is 3.39. The maximum Gasteiger partial charge on any atom is 0.139 e. The highest BCUT2D eigenvalue weighted by molar-refractivity contribution is 5.80. The number of nitrogens with one attached hydrogen (secondary N) is 1. The summed E-state index contributed by atoms with van der Waals surface area (Å²) in [6.07, 6.45) is 7.08. The second kappa shape index (κ2) is 6.18. The van der Waals surface area contributed by atoms with Crippen LogP contribution in [0.5, 0.6) is 0 Å². The van der Waals surface area contributed by atoms with Crippen LogP contribution in [0.1, 0.15) is 0 Å².